The monoisotopic (exact) mass is 71.0 g/mol. The number of alkyl halides is 1. The lowest BCUT2D eigenvalue weighted by atomic mass is 10.5. The van der Waals surface area contributed by atoms with Crippen LogP contribution in [0.1, 0.15) is 6.92 Å². The lowest BCUT2D eigenvalue weighted by molar-refractivity contribution is 0.443. The number of hydrogen-bond acceptors (Lipinski definition) is 0. The first-order chi connectivity index (χ1) is 2.27. The molecule has 0 nitrogen and oxygen atoms in total. The zero-order valence-corrected chi connectivity index (χ0v) is 2.96. The van der Waals surface area contributed by atoms with Gasteiger partial charge in [0.15, 0.2) is 6.17 Å². The zero-order chi connectivity index (χ0) is 4.28. The Balaban J connectivity index is 2.94. The van der Waals surface area contributed by atoms with E-state index in [-0.39, 0.29) is 0 Å². The van der Waals surface area contributed by atoms with Crippen molar-refractivity contribution in [1.29, 1.82) is 0 Å². The molecule has 0 aliphatic rings. The Bertz CT molecular complexity index is 49.2. The van der Waals surface area contributed by atoms with E-state index in [9.17, 15) is 4.39 Å². The highest BCUT2D eigenvalue weighted by Gasteiger charge is 1.80. The fourth-order valence-electron chi connectivity index (χ4n) is 0. The second-order valence-corrected chi connectivity index (χ2v) is 0.760. The van der Waals surface area contributed by atoms with Gasteiger partial charge in [0.1, 0.15) is 0 Å². The molecule has 0 saturated carbocycles. The van der Waals surface area contributed by atoms with Gasteiger partial charge < -0.3 is 0 Å². The van der Waals surface area contributed by atoms with Gasteiger partial charge in [-0.05, 0) is 13.3 Å². The van der Waals surface area contributed by atoms with Gasteiger partial charge in [-0.2, -0.15) is 0 Å². The van der Waals surface area contributed by atoms with Crippen molar-refractivity contribution in [1.82, 2.24) is 0 Å². The van der Waals surface area contributed by atoms with Gasteiger partial charge in [0.25, 0.3) is 0 Å². The molecule has 5 heavy (non-hydrogen) atoms. The minimum absolute atomic E-state index is 1.20. The Kier molecular flexibility index (Phi) is 1.60. The van der Waals surface area contributed by atoms with Crippen molar-refractivity contribution in [2.24, 2.45) is 0 Å². The standard InChI is InChI=1S/C4H4F/c1-3-4(2)5/h4H,2H3. The summed E-state index contributed by atoms with van der Waals surface area (Å²) in [5.41, 5.74) is 0. The molecule has 0 aromatic rings. The molecule has 0 fully saturated rings. The van der Waals surface area contributed by atoms with Gasteiger partial charge in [0.2, 0.25) is 0 Å². The molecule has 1 unspecified atom stereocenters. The predicted octanol–water partition coefficient (Wildman–Crippen LogP) is 0.934. The van der Waals surface area contributed by atoms with E-state index in [4.69, 9.17) is 6.42 Å². The fourth-order valence-corrected chi connectivity index (χ4v) is 0. The lowest BCUT2D eigenvalue weighted by Gasteiger charge is -1.75. The minimum atomic E-state index is -1.20. The summed E-state index contributed by atoms with van der Waals surface area (Å²) in [5.74, 6) is 1.61. The summed E-state index contributed by atoms with van der Waals surface area (Å²) in [6.07, 6.45) is 4.83. The van der Waals surface area contributed by atoms with Crippen LogP contribution in [0, 0.1) is 12.3 Å². The van der Waals surface area contributed by atoms with Crippen molar-refractivity contribution in [2.45, 2.75) is 13.1 Å². The van der Waals surface area contributed by atoms with E-state index in [2.05, 4.69) is 0 Å². The number of halogens is 1. The summed E-state index contributed by atoms with van der Waals surface area (Å²) >= 11 is 0. The topological polar surface area (TPSA) is 0 Å². The van der Waals surface area contributed by atoms with E-state index in [1.165, 1.54) is 6.92 Å². The molecule has 0 N–H and O–H groups in total. The quantitative estimate of drug-likeness (QED) is 0.373. The Labute approximate surface area is 31.0 Å². The second-order valence-electron chi connectivity index (χ2n) is 0.760. The third-order valence-corrected chi connectivity index (χ3v) is 0.199. The molecule has 0 aliphatic carbocycles. The van der Waals surface area contributed by atoms with E-state index < -0.39 is 6.17 Å². The molecule has 0 heterocycles. The molecule has 0 aromatic carbocycles. The predicted molar refractivity (Wildman–Crippen MR) is 17.7 cm³/mol. The van der Waals surface area contributed by atoms with Gasteiger partial charge in [-0.3, -0.25) is 0 Å². The maximum absolute atomic E-state index is 11.1. The van der Waals surface area contributed by atoms with Crippen LogP contribution in [-0.2, 0) is 0 Å². The maximum atomic E-state index is 11.1. The van der Waals surface area contributed by atoms with Crippen LogP contribution in [0.4, 0.5) is 4.39 Å². The molecule has 0 aromatic heterocycles. The van der Waals surface area contributed by atoms with Crippen LogP contribution in [0.5, 0.6) is 0 Å². The SMILES string of the molecule is [C]#CC(C)F. The van der Waals surface area contributed by atoms with Crippen molar-refractivity contribution in [2.75, 3.05) is 0 Å². The van der Waals surface area contributed by atoms with Crippen LogP contribution in [0.3, 0.4) is 0 Å². The van der Waals surface area contributed by atoms with Gasteiger partial charge in [0, 0.05) is 0 Å². The average Bonchev–Trinajstić information content (AvgIpc) is 1.38. The minimum Gasteiger partial charge on any atom is -0.234 e. The first kappa shape index (κ1) is 4.49. The molecule has 0 bridgehead atoms. The molecule has 1 radical (unpaired) electrons. The molecule has 0 rings (SSSR count). The summed E-state index contributed by atoms with van der Waals surface area (Å²) < 4.78 is 11.1. The van der Waals surface area contributed by atoms with Crippen LogP contribution in [0.25, 0.3) is 0 Å². The molecule has 0 amide bonds. The number of hydrogen-bond donors (Lipinski definition) is 0. The second kappa shape index (κ2) is 1.78. The zero-order valence-electron chi connectivity index (χ0n) is 2.96. The first-order valence-corrected chi connectivity index (χ1v) is 1.33. The summed E-state index contributed by atoms with van der Waals surface area (Å²) in [6, 6.07) is 0. The van der Waals surface area contributed by atoms with Gasteiger partial charge >= 0.3 is 0 Å². The van der Waals surface area contributed by atoms with Crippen molar-refractivity contribution in [3.63, 3.8) is 0 Å². The lowest BCUT2D eigenvalue weighted by Crippen LogP contribution is -1.79. The van der Waals surface area contributed by atoms with Gasteiger partial charge in [-0.1, -0.05) is 5.92 Å². The Morgan fingerprint density at radius 1 is 2.00 bits per heavy atom. The average molecular weight is 71.1 g/mol. The Hall–Kier alpha value is -0.510. The van der Waals surface area contributed by atoms with Crippen LogP contribution in [0.2, 0.25) is 0 Å². The van der Waals surface area contributed by atoms with Gasteiger partial charge in [0.05, 0.1) is 0 Å². The van der Waals surface area contributed by atoms with E-state index in [1.54, 1.807) is 5.92 Å². The fraction of sp³-hybridized carbons (Fsp3) is 0.500. The molecule has 0 spiro atoms. The van der Waals surface area contributed by atoms with E-state index in [0.29, 0.717) is 0 Å². The van der Waals surface area contributed by atoms with Crippen LogP contribution >= 0.6 is 0 Å². The third kappa shape index (κ3) is 3.49. The largest absolute Gasteiger partial charge is 0.234 e. The molecular weight excluding hydrogens is 67.0 g/mol. The Morgan fingerprint density at radius 2 is 2.20 bits per heavy atom. The molecule has 1 heteroatoms. The molecule has 0 saturated heterocycles. The normalized spacial score (nSPS) is 13.0. The number of rotatable bonds is 0. The Morgan fingerprint density at radius 3 is 2.20 bits per heavy atom. The van der Waals surface area contributed by atoms with Crippen molar-refractivity contribution < 1.29 is 4.39 Å². The van der Waals surface area contributed by atoms with E-state index in [0.717, 1.165) is 0 Å². The third-order valence-electron chi connectivity index (χ3n) is 0.199. The summed E-state index contributed by atoms with van der Waals surface area (Å²) in [7, 11) is 0. The smallest absolute Gasteiger partial charge is 0.158 e. The maximum Gasteiger partial charge on any atom is 0.158 e. The van der Waals surface area contributed by atoms with E-state index in [1.807, 2.05) is 0 Å². The summed E-state index contributed by atoms with van der Waals surface area (Å²) in [6.45, 7) is 1.26. The van der Waals surface area contributed by atoms with Crippen LogP contribution < -0.4 is 0 Å². The first-order valence-electron chi connectivity index (χ1n) is 1.33. The molecule has 27 valence electrons. The van der Waals surface area contributed by atoms with Crippen molar-refractivity contribution >= 4 is 0 Å². The molecule has 1 atom stereocenters. The van der Waals surface area contributed by atoms with Crippen LogP contribution in [0.15, 0.2) is 0 Å². The summed E-state index contributed by atoms with van der Waals surface area (Å²) in [5, 5.41) is 0. The van der Waals surface area contributed by atoms with Crippen LogP contribution in [-0.4, -0.2) is 6.17 Å². The highest BCUT2D eigenvalue weighted by atomic mass is 19.1. The van der Waals surface area contributed by atoms with Crippen molar-refractivity contribution in [3.05, 3.63) is 6.42 Å². The highest BCUT2D eigenvalue weighted by Crippen LogP contribution is 1.78. The molecule has 0 aliphatic heterocycles. The van der Waals surface area contributed by atoms with Gasteiger partial charge in [-0.25, -0.2) is 4.39 Å². The van der Waals surface area contributed by atoms with Crippen molar-refractivity contribution in [3.8, 4) is 5.92 Å². The van der Waals surface area contributed by atoms with Gasteiger partial charge in [-0.15, -0.1) is 0 Å². The van der Waals surface area contributed by atoms with E-state index >= 15 is 0 Å². The highest BCUT2D eigenvalue weighted by molar-refractivity contribution is 4.82. The summed E-state index contributed by atoms with van der Waals surface area (Å²) in [4.78, 5) is 0. The molecular formula is C4H4F.